The maximum Gasteiger partial charge on any atom is 0.357 e. The number of hydrogen-bond donors (Lipinski definition) is 0. The Balaban J connectivity index is 1.04. The van der Waals surface area contributed by atoms with Gasteiger partial charge in [-0.2, -0.15) is 0 Å². The van der Waals surface area contributed by atoms with Crippen molar-refractivity contribution in [3.05, 3.63) is 212 Å². The van der Waals surface area contributed by atoms with E-state index in [2.05, 4.69) is 183 Å². The third-order valence-corrected chi connectivity index (χ3v) is 14.6. The molecule has 2 bridgehead atoms. The van der Waals surface area contributed by atoms with Crippen LogP contribution in [-0.2, 0) is 0 Å². The summed E-state index contributed by atoms with van der Waals surface area (Å²) >= 11 is 0. The van der Waals surface area contributed by atoms with Gasteiger partial charge in [0.25, 0.3) is 5.56 Å². The second-order valence-corrected chi connectivity index (χ2v) is 17.8. The Morgan fingerprint density at radius 2 is 1.05 bits per heavy atom. The van der Waals surface area contributed by atoms with Gasteiger partial charge in [-0.3, -0.25) is 14.1 Å². The second kappa shape index (κ2) is 11.5. The Labute approximate surface area is 353 Å². The summed E-state index contributed by atoms with van der Waals surface area (Å²) in [6.07, 6.45) is 0. The normalized spacial score (nSPS) is 16.3. The van der Waals surface area contributed by atoms with E-state index in [4.69, 9.17) is 4.74 Å². The first-order chi connectivity index (χ1) is 29.9. The van der Waals surface area contributed by atoms with E-state index in [1.54, 1.807) is 0 Å². The molecule has 3 aliphatic carbocycles. The predicted molar refractivity (Wildman–Crippen MR) is 247 cm³/mol. The Kier molecular flexibility index (Phi) is 6.31. The molecule has 4 heterocycles. The average molecular weight is 784 g/mol. The van der Waals surface area contributed by atoms with Crippen molar-refractivity contribution in [2.75, 3.05) is 4.90 Å². The third kappa shape index (κ3) is 4.10. The summed E-state index contributed by atoms with van der Waals surface area (Å²) in [7, 11) is 0. The molecular weight excluding hydrogens is 745 g/mol. The largest absolute Gasteiger partial charge is 0.453 e. The van der Waals surface area contributed by atoms with E-state index < -0.39 is 0 Å². The molecule has 0 fully saturated rings. The molecule has 9 aromatic rings. The molecule has 61 heavy (non-hydrogen) atoms. The van der Waals surface area contributed by atoms with Crippen LogP contribution in [0.25, 0.3) is 38.8 Å². The van der Waals surface area contributed by atoms with E-state index in [1.807, 2.05) is 4.59 Å². The molecule has 8 aromatic carbocycles. The molecule has 0 spiro atoms. The molecule has 6 heteroatoms. The zero-order valence-electron chi connectivity index (χ0n) is 34.2. The van der Waals surface area contributed by atoms with Gasteiger partial charge in [-0.1, -0.05) is 103 Å². The van der Waals surface area contributed by atoms with Gasteiger partial charge < -0.3 is 9.64 Å². The van der Waals surface area contributed by atoms with Crippen molar-refractivity contribution in [1.82, 2.24) is 9.27 Å². The molecule has 5 nitrogen and oxygen atoms in total. The van der Waals surface area contributed by atoms with Crippen LogP contribution in [-0.4, -0.2) is 16.1 Å². The van der Waals surface area contributed by atoms with Crippen molar-refractivity contribution < 1.29 is 4.74 Å². The smallest absolute Gasteiger partial charge is 0.357 e. The summed E-state index contributed by atoms with van der Waals surface area (Å²) in [5.74, 6) is 1.81. The Hall–Kier alpha value is -7.31. The van der Waals surface area contributed by atoms with E-state index >= 15 is 4.79 Å². The summed E-state index contributed by atoms with van der Waals surface area (Å²) in [6, 6.07) is 53.2. The highest BCUT2D eigenvalue weighted by molar-refractivity contribution is 6.88. The van der Waals surface area contributed by atoms with Crippen LogP contribution in [0, 0.1) is 27.7 Å². The molecule has 0 unspecified atom stereocenters. The van der Waals surface area contributed by atoms with Crippen LogP contribution in [0.4, 0.5) is 17.1 Å². The highest BCUT2D eigenvalue weighted by atomic mass is 16.5. The van der Waals surface area contributed by atoms with Crippen molar-refractivity contribution in [3.8, 4) is 39.4 Å². The quantitative estimate of drug-likeness (QED) is 0.164. The summed E-state index contributed by atoms with van der Waals surface area (Å²) in [6.45, 7) is 8.38. The van der Waals surface area contributed by atoms with E-state index in [1.165, 1.54) is 66.8 Å². The number of hydrogen-bond acceptors (Lipinski definition) is 3. The van der Waals surface area contributed by atoms with Crippen molar-refractivity contribution in [1.29, 1.82) is 0 Å². The van der Waals surface area contributed by atoms with Gasteiger partial charge in [0.2, 0.25) is 0 Å². The molecule has 15 rings (SSSR count). The summed E-state index contributed by atoms with van der Waals surface area (Å²) in [4.78, 5) is 17.8. The number of rotatable bonds is 2. The maximum atomic E-state index is 15.4. The Morgan fingerprint density at radius 3 is 1.66 bits per heavy atom. The van der Waals surface area contributed by atoms with E-state index in [0.717, 1.165) is 67.2 Å². The van der Waals surface area contributed by atoms with Gasteiger partial charge in [0, 0.05) is 23.0 Å². The lowest BCUT2D eigenvalue weighted by Gasteiger charge is -2.42. The predicted octanol–water partition coefficient (Wildman–Crippen LogP) is 11.2. The monoisotopic (exact) mass is 783 g/mol. The zero-order chi connectivity index (χ0) is 40.6. The maximum absolute atomic E-state index is 15.4. The van der Waals surface area contributed by atoms with Gasteiger partial charge in [-0.25, -0.2) is 0 Å². The molecule has 1 aromatic heterocycles. The fraction of sp³-hybridized carbons (Fsp3) is 0.109. The van der Waals surface area contributed by atoms with Crippen LogP contribution in [0.1, 0.15) is 67.5 Å². The first-order valence-corrected chi connectivity index (χ1v) is 21.4. The van der Waals surface area contributed by atoms with Crippen LogP contribution >= 0.6 is 0 Å². The lowest BCUT2D eigenvalue weighted by molar-refractivity contribution is 0.477. The van der Waals surface area contributed by atoms with Gasteiger partial charge >= 0.3 is 6.85 Å². The standard InChI is InChI=1S/C55H38BN3O2/c1-29-11-9-12-30(2)49(29)33-19-21-43-42(25-33)56-53-45(23-24-47-54(53)57(43)44-22-20-34(26-48(44)61-47)50-31(3)13-10-14-32(50)4)58-46-28-40-39(27-41(46)55(60)59(56)58)51-35-15-5-7-17-37(35)52(40)38-18-8-6-16-36(38)51/h5-28,51-52H,1-4H3. The first kappa shape index (κ1) is 33.5. The number of ether oxygens (including phenoxy) is 1. The number of aromatic nitrogens is 2. The highest BCUT2D eigenvalue weighted by Crippen LogP contribution is 2.57. The fourth-order valence-corrected chi connectivity index (χ4v) is 12.2. The highest BCUT2D eigenvalue weighted by Gasteiger charge is 2.49. The van der Waals surface area contributed by atoms with Gasteiger partial charge in [0.1, 0.15) is 0 Å². The summed E-state index contributed by atoms with van der Waals surface area (Å²) in [5.41, 5.74) is 24.9. The van der Waals surface area contributed by atoms with Gasteiger partial charge in [0.15, 0.2) is 11.5 Å². The topological polar surface area (TPSA) is 39.4 Å². The molecule has 0 atom stereocenters. The van der Waals surface area contributed by atoms with E-state index in [-0.39, 0.29) is 24.2 Å². The number of anilines is 3. The minimum atomic E-state index is -0.359. The second-order valence-electron chi connectivity index (χ2n) is 17.8. The molecular formula is C55H38BN3O2. The molecule has 0 amide bonds. The number of fused-ring (bicyclic) bond motifs is 10. The lowest BCUT2D eigenvalue weighted by Crippen LogP contribution is -2.55. The SMILES string of the molecule is Cc1cccc(C)c1-c1ccc2c(c1)Oc1ccc3c4c1N2c1ccc(-c2c(C)cccc2C)cc1B4n1c(=O)c2cc4c(cc2n1-3)C1c2ccccc2C4c2ccccc21. The molecule has 3 aliphatic heterocycles. The lowest BCUT2D eigenvalue weighted by atomic mass is 9.48. The van der Waals surface area contributed by atoms with Crippen LogP contribution < -0.4 is 26.1 Å². The first-order valence-electron chi connectivity index (χ1n) is 21.4. The van der Waals surface area contributed by atoms with Crippen LogP contribution in [0.5, 0.6) is 11.5 Å². The van der Waals surface area contributed by atoms with Gasteiger partial charge in [-0.15, -0.1) is 0 Å². The molecule has 288 valence electrons. The Morgan fingerprint density at radius 1 is 0.508 bits per heavy atom. The minimum Gasteiger partial charge on any atom is -0.453 e. The zero-order valence-corrected chi connectivity index (χ0v) is 34.2. The van der Waals surface area contributed by atoms with Crippen LogP contribution in [0.15, 0.2) is 150 Å². The van der Waals surface area contributed by atoms with Crippen LogP contribution in [0.3, 0.4) is 0 Å². The van der Waals surface area contributed by atoms with Gasteiger partial charge in [0.05, 0.1) is 28.0 Å². The van der Waals surface area contributed by atoms with Crippen molar-refractivity contribution in [2.24, 2.45) is 0 Å². The van der Waals surface area contributed by atoms with E-state index in [9.17, 15) is 0 Å². The summed E-state index contributed by atoms with van der Waals surface area (Å²) in [5, 5.41) is 0.764. The summed E-state index contributed by atoms with van der Waals surface area (Å²) < 4.78 is 11.2. The fourth-order valence-electron chi connectivity index (χ4n) is 12.2. The molecule has 0 radical (unpaired) electrons. The minimum absolute atomic E-state index is 0.0306. The molecule has 0 saturated carbocycles. The van der Waals surface area contributed by atoms with Crippen molar-refractivity contribution in [2.45, 2.75) is 39.5 Å². The molecule has 6 aliphatic rings. The average Bonchev–Trinajstić information content (AvgIpc) is 3.76. The number of aryl methyl sites for hydroxylation is 4. The van der Waals surface area contributed by atoms with Crippen LogP contribution in [0.2, 0.25) is 0 Å². The number of nitrogens with zero attached hydrogens (tertiary/aromatic N) is 3. The molecule has 0 saturated heterocycles. The van der Waals surface area contributed by atoms with E-state index in [0.29, 0.717) is 0 Å². The third-order valence-electron chi connectivity index (χ3n) is 14.6. The van der Waals surface area contributed by atoms with Gasteiger partial charge in [-0.05, 0) is 154 Å². The van der Waals surface area contributed by atoms with Crippen molar-refractivity contribution in [3.63, 3.8) is 0 Å². The number of benzene rings is 8. The van der Waals surface area contributed by atoms with Crippen molar-refractivity contribution >= 4 is 45.7 Å². The Bertz CT molecular complexity index is 3490. The molecule has 0 N–H and O–H groups in total.